The highest BCUT2D eigenvalue weighted by Crippen LogP contribution is 2.21. The Hall–Kier alpha value is -1.18. The van der Waals surface area contributed by atoms with Gasteiger partial charge in [-0.2, -0.15) is 0 Å². The zero-order valence-electron chi connectivity index (χ0n) is 7.56. The van der Waals surface area contributed by atoms with E-state index in [4.69, 9.17) is 0 Å². The summed E-state index contributed by atoms with van der Waals surface area (Å²) in [7, 11) is 0. The van der Waals surface area contributed by atoms with Crippen LogP contribution in [-0.4, -0.2) is 0 Å². The Labute approximate surface area is 76.9 Å². The van der Waals surface area contributed by atoms with Gasteiger partial charge in [-0.15, -0.1) is 6.58 Å². The lowest BCUT2D eigenvalue weighted by atomic mass is 9.98. The lowest BCUT2D eigenvalue weighted by Crippen LogP contribution is -1.94. The minimum absolute atomic E-state index is 0.114. The van der Waals surface area contributed by atoms with E-state index in [0.29, 0.717) is 5.56 Å². The van der Waals surface area contributed by atoms with Crippen molar-refractivity contribution in [3.8, 4) is 0 Å². The third-order valence-electron chi connectivity index (χ3n) is 1.97. The van der Waals surface area contributed by atoms with E-state index in [0.717, 1.165) is 12.5 Å². The van der Waals surface area contributed by atoms with Crippen LogP contribution in [0.15, 0.2) is 30.9 Å². The van der Waals surface area contributed by atoms with Crippen molar-refractivity contribution in [2.75, 3.05) is 0 Å². The molecule has 1 aromatic carbocycles. The first-order chi connectivity index (χ1) is 6.13. The molecule has 1 rings (SSSR count). The van der Waals surface area contributed by atoms with E-state index in [-0.39, 0.29) is 5.92 Å². The van der Waals surface area contributed by atoms with Crippen LogP contribution in [-0.2, 0) is 0 Å². The summed E-state index contributed by atoms with van der Waals surface area (Å²) in [6, 6.07) is 3.60. The number of allylic oxidation sites excluding steroid dienone is 1. The Bertz CT molecular complexity index is 285. The van der Waals surface area contributed by atoms with E-state index in [1.165, 1.54) is 12.1 Å². The molecule has 0 aromatic heterocycles. The zero-order valence-corrected chi connectivity index (χ0v) is 7.56. The summed E-state index contributed by atoms with van der Waals surface area (Å²) in [5.41, 5.74) is 0.678. The fraction of sp³-hybridized carbons (Fsp3) is 0.273. The smallest absolute Gasteiger partial charge is 0.126 e. The highest BCUT2D eigenvalue weighted by molar-refractivity contribution is 5.21. The van der Waals surface area contributed by atoms with Crippen molar-refractivity contribution in [1.29, 1.82) is 0 Å². The normalized spacial score (nSPS) is 12.5. The molecule has 0 aliphatic rings. The molecule has 0 aliphatic heterocycles. The van der Waals surface area contributed by atoms with Gasteiger partial charge in [0.05, 0.1) is 0 Å². The molecule has 1 unspecified atom stereocenters. The van der Waals surface area contributed by atoms with Crippen molar-refractivity contribution < 1.29 is 8.78 Å². The first-order valence-electron chi connectivity index (χ1n) is 4.20. The van der Waals surface area contributed by atoms with E-state index < -0.39 is 11.6 Å². The van der Waals surface area contributed by atoms with Crippen LogP contribution in [0.3, 0.4) is 0 Å². The maximum absolute atomic E-state index is 12.8. The fourth-order valence-electron chi connectivity index (χ4n) is 1.25. The van der Waals surface area contributed by atoms with Gasteiger partial charge in [0.15, 0.2) is 0 Å². The molecule has 2 heteroatoms. The van der Waals surface area contributed by atoms with Crippen molar-refractivity contribution in [3.05, 3.63) is 48.1 Å². The average molecular weight is 182 g/mol. The molecule has 0 nitrogen and oxygen atoms in total. The molecule has 13 heavy (non-hydrogen) atoms. The van der Waals surface area contributed by atoms with Gasteiger partial charge >= 0.3 is 0 Å². The highest BCUT2D eigenvalue weighted by Gasteiger charge is 2.06. The van der Waals surface area contributed by atoms with Crippen LogP contribution in [0.1, 0.15) is 24.8 Å². The fourth-order valence-corrected chi connectivity index (χ4v) is 1.25. The highest BCUT2D eigenvalue weighted by atomic mass is 19.1. The molecular formula is C11H12F2. The SMILES string of the molecule is C=CCC(C)c1cc(F)cc(F)c1. The van der Waals surface area contributed by atoms with Crippen molar-refractivity contribution >= 4 is 0 Å². The Kier molecular flexibility index (Phi) is 3.18. The second-order valence-electron chi connectivity index (χ2n) is 3.13. The summed E-state index contributed by atoms with van der Waals surface area (Å²) in [5.74, 6) is -0.931. The van der Waals surface area contributed by atoms with Crippen LogP contribution in [0.2, 0.25) is 0 Å². The van der Waals surface area contributed by atoms with Crippen molar-refractivity contribution in [2.45, 2.75) is 19.3 Å². The lowest BCUT2D eigenvalue weighted by Gasteiger charge is -2.08. The van der Waals surface area contributed by atoms with Crippen LogP contribution < -0.4 is 0 Å². The molecule has 0 saturated carbocycles. The van der Waals surface area contributed by atoms with Gasteiger partial charge < -0.3 is 0 Å². The Balaban J connectivity index is 2.93. The minimum atomic E-state index is -0.522. The van der Waals surface area contributed by atoms with Gasteiger partial charge in [0.2, 0.25) is 0 Å². The van der Waals surface area contributed by atoms with Crippen LogP contribution >= 0.6 is 0 Å². The second-order valence-corrected chi connectivity index (χ2v) is 3.13. The lowest BCUT2D eigenvalue weighted by molar-refractivity contribution is 0.575. The zero-order chi connectivity index (χ0) is 9.84. The van der Waals surface area contributed by atoms with Gasteiger partial charge in [0.25, 0.3) is 0 Å². The maximum atomic E-state index is 12.8. The van der Waals surface area contributed by atoms with E-state index in [9.17, 15) is 8.78 Å². The van der Waals surface area contributed by atoms with Gasteiger partial charge in [-0.05, 0) is 30.0 Å². The molecule has 0 N–H and O–H groups in total. The Morgan fingerprint density at radius 1 is 1.31 bits per heavy atom. The molecule has 0 bridgehead atoms. The maximum Gasteiger partial charge on any atom is 0.126 e. The standard InChI is InChI=1S/C11H12F2/c1-3-4-8(2)9-5-10(12)7-11(13)6-9/h3,5-8H,1,4H2,2H3. The second kappa shape index (κ2) is 4.17. The number of benzene rings is 1. The average Bonchev–Trinajstić information content (AvgIpc) is 2.03. The van der Waals surface area contributed by atoms with Gasteiger partial charge in [0.1, 0.15) is 11.6 Å². The van der Waals surface area contributed by atoms with Crippen LogP contribution in [0.25, 0.3) is 0 Å². The molecule has 1 atom stereocenters. The van der Waals surface area contributed by atoms with Crippen molar-refractivity contribution in [1.82, 2.24) is 0 Å². The van der Waals surface area contributed by atoms with Gasteiger partial charge in [-0.1, -0.05) is 13.0 Å². The van der Waals surface area contributed by atoms with Gasteiger partial charge in [-0.3, -0.25) is 0 Å². The molecule has 0 amide bonds. The quantitative estimate of drug-likeness (QED) is 0.626. The number of hydrogen-bond acceptors (Lipinski definition) is 0. The van der Waals surface area contributed by atoms with Crippen LogP contribution in [0.4, 0.5) is 8.78 Å². The van der Waals surface area contributed by atoms with E-state index in [1.807, 2.05) is 6.92 Å². The first-order valence-corrected chi connectivity index (χ1v) is 4.20. The molecule has 0 heterocycles. The molecule has 1 aromatic rings. The predicted octanol–water partition coefficient (Wildman–Crippen LogP) is 3.64. The van der Waals surface area contributed by atoms with E-state index in [2.05, 4.69) is 6.58 Å². The molecule has 0 saturated heterocycles. The Morgan fingerprint density at radius 3 is 2.31 bits per heavy atom. The first kappa shape index (κ1) is 9.90. The van der Waals surface area contributed by atoms with Gasteiger partial charge in [0, 0.05) is 6.07 Å². The third kappa shape index (κ3) is 2.65. The van der Waals surface area contributed by atoms with Crippen LogP contribution in [0, 0.1) is 11.6 Å². The minimum Gasteiger partial charge on any atom is -0.207 e. The molecule has 0 radical (unpaired) electrons. The summed E-state index contributed by atoms with van der Waals surface area (Å²) in [5, 5.41) is 0. The number of halogens is 2. The third-order valence-corrected chi connectivity index (χ3v) is 1.97. The van der Waals surface area contributed by atoms with E-state index in [1.54, 1.807) is 6.08 Å². The van der Waals surface area contributed by atoms with Crippen LogP contribution in [0.5, 0.6) is 0 Å². The molecule has 70 valence electrons. The molecule has 0 aliphatic carbocycles. The topological polar surface area (TPSA) is 0 Å². The molecular weight excluding hydrogens is 170 g/mol. The number of hydrogen-bond donors (Lipinski definition) is 0. The summed E-state index contributed by atoms with van der Waals surface area (Å²) in [6.45, 7) is 5.50. The van der Waals surface area contributed by atoms with E-state index >= 15 is 0 Å². The summed E-state index contributed by atoms with van der Waals surface area (Å²) >= 11 is 0. The summed E-state index contributed by atoms with van der Waals surface area (Å²) in [6.07, 6.45) is 2.47. The Morgan fingerprint density at radius 2 is 1.85 bits per heavy atom. The molecule has 0 fully saturated rings. The monoisotopic (exact) mass is 182 g/mol. The van der Waals surface area contributed by atoms with Crippen molar-refractivity contribution in [3.63, 3.8) is 0 Å². The van der Waals surface area contributed by atoms with Gasteiger partial charge in [-0.25, -0.2) is 8.78 Å². The predicted molar refractivity (Wildman–Crippen MR) is 49.6 cm³/mol. The number of rotatable bonds is 3. The summed E-state index contributed by atoms with van der Waals surface area (Å²) in [4.78, 5) is 0. The largest absolute Gasteiger partial charge is 0.207 e. The molecule has 0 spiro atoms. The van der Waals surface area contributed by atoms with Crippen molar-refractivity contribution in [2.24, 2.45) is 0 Å². The summed E-state index contributed by atoms with van der Waals surface area (Å²) < 4.78 is 25.5.